The molecule has 1 aliphatic rings. The van der Waals surface area contributed by atoms with E-state index in [2.05, 4.69) is 0 Å². The fourth-order valence-corrected chi connectivity index (χ4v) is 1.96. The lowest BCUT2D eigenvalue weighted by Gasteiger charge is -2.35. The third-order valence-electron chi connectivity index (χ3n) is 2.80. The van der Waals surface area contributed by atoms with Crippen molar-refractivity contribution in [2.24, 2.45) is 0 Å². The first-order valence-electron chi connectivity index (χ1n) is 5.64. The number of hydrogen-bond donors (Lipinski definition) is 0. The van der Waals surface area contributed by atoms with Gasteiger partial charge in [-0.1, -0.05) is 24.6 Å². The molecule has 1 unspecified atom stereocenters. The second-order valence-electron chi connectivity index (χ2n) is 4.10. The maximum atomic E-state index is 12.8. The van der Waals surface area contributed by atoms with E-state index in [1.165, 1.54) is 0 Å². The number of benzene rings is 1. The normalized spacial score (nSPS) is 22.4. The zero-order valence-electron chi connectivity index (χ0n) is 9.28. The van der Waals surface area contributed by atoms with Crippen LogP contribution in [0.3, 0.4) is 0 Å². The van der Waals surface area contributed by atoms with Gasteiger partial charge in [0.25, 0.3) is 0 Å². The summed E-state index contributed by atoms with van der Waals surface area (Å²) in [5.41, 5.74) is 0. The minimum Gasteiger partial charge on any atom is -0.405 e. The van der Waals surface area contributed by atoms with E-state index in [0.29, 0.717) is 18.7 Å². The summed E-state index contributed by atoms with van der Waals surface area (Å²) >= 11 is 0. The summed E-state index contributed by atoms with van der Waals surface area (Å²) in [7, 11) is 0. The van der Waals surface area contributed by atoms with Crippen LogP contribution in [-0.4, -0.2) is 23.8 Å². The Morgan fingerprint density at radius 2 is 1.82 bits per heavy atom. The number of alkyl halides is 3. The summed E-state index contributed by atoms with van der Waals surface area (Å²) in [6, 6.07) is 7.09. The zero-order chi connectivity index (χ0) is 12.3. The molecule has 2 nitrogen and oxygen atoms in total. The highest BCUT2D eigenvalue weighted by molar-refractivity contribution is 5.20. The van der Waals surface area contributed by atoms with Crippen molar-refractivity contribution in [1.29, 1.82) is 0 Å². The van der Waals surface area contributed by atoms with E-state index < -0.39 is 12.2 Å². The van der Waals surface area contributed by atoms with Gasteiger partial charge in [-0.05, 0) is 25.0 Å². The Bertz CT molecular complexity index is 353. The second-order valence-corrected chi connectivity index (χ2v) is 4.10. The summed E-state index contributed by atoms with van der Waals surface area (Å²) in [6.45, 7) is 0.319. The van der Waals surface area contributed by atoms with E-state index in [1.54, 1.807) is 30.3 Å². The Labute approximate surface area is 97.9 Å². The average molecular weight is 245 g/mol. The van der Waals surface area contributed by atoms with Crippen molar-refractivity contribution in [2.45, 2.75) is 31.5 Å². The standard InChI is InChI=1S/C12H14F3NO/c13-12(14,15)11-8-4-5-9-16(11)17-10-6-2-1-3-7-10/h1-3,6-7,11H,4-5,8-9H2. The van der Waals surface area contributed by atoms with Crippen LogP contribution in [-0.2, 0) is 0 Å². The number of hydroxylamine groups is 2. The molecule has 0 spiro atoms. The molecule has 1 aromatic carbocycles. The van der Waals surface area contributed by atoms with Crippen molar-refractivity contribution < 1.29 is 18.0 Å². The SMILES string of the molecule is FC(F)(F)C1CCCCN1Oc1ccccc1. The molecule has 17 heavy (non-hydrogen) atoms. The van der Waals surface area contributed by atoms with Gasteiger partial charge in [-0.2, -0.15) is 13.2 Å². The molecular formula is C12H14F3NO. The molecular weight excluding hydrogens is 231 g/mol. The fraction of sp³-hybridized carbons (Fsp3) is 0.500. The van der Waals surface area contributed by atoms with E-state index >= 15 is 0 Å². The molecule has 0 aliphatic carbocycles. The van der Waals surface area contributed by atoms with Crippen molar-refractivity contribution in [1.82, 2.24) is 5.06 Å². The lowest BCUT2D eigenvalue weighted by atomic mass is 10.0. The number of rotatable bonds is 2. The van der Waals surface area contributed by atoms with Crippen molar-refractivity contribution in [3.05, 3.63) is 30.3 Å². The molecule has 1 atom stereocenters. The molecule has 0 radical (unpaired) electrons. The minimum atomic E-state index is -4.23. The van der Waals surface area contributed by atoms with E-state index in [0.717, 1.165) is 11.5 Å². The Kier molecular flexibility index (Phi) is 3.57. The fourth-order valence-electron chi connectivity index (χ4n) is 1.96. The largest absolute Gasteiger partial charge is 0.407 e. The summed E-state index contributed by atoms with van der Waals surface area (Å²) in [5.74, 6) is 0.448. The number of nitrogens with zero attached hydrogens (tertiary/aromatic N) is 1. The van der Waals surface area contributed by atoms with Crippen molar-refractivity contribution in [2.75, 3.05) is 6.54 Å². The van der Waals surface area contributed by atoms with Crippen LogP contribution in [0.25, 0.3) is 0 Å². The van der Waals surface area contributed by atoms with Crippen LogP contribution >= 0.6 is 0 Å². The lowest BCUT2D eigenvalue weighted by molar-refractivity contribution is -0.248. The third kappa shape index (κ3) is 3.12. The van der Waals surface area contributed by atoms with Crippen molar-refractivity contribution in [3.8, 4) is 5.75 Å². The second kappa shape index (κ2) is 4.96. The zero-order valence-corrected chi connectivity index (χ0v) is 9.28. The van der Waals surface area contributed by atoms with E-state index in [4.69, 9.17) is 4.84 Å². The van der Waals surface area contributed by atoms with Crippen LogP contribution in [0, 0.1) is 0 Å². The molecule has 0 N–H and O–H groups in total. The number of para-hydroxylation sites is 1. The monoisotopic (exact) mass is 245 g/mol. The van der Waals surface area contributed by atoms with Crippen LogP contribution < -0.4 is 4.84 Å². The Hall–Kier alpha value is -1.23. The summed E-state index contributed by atoms with van der Waals surface area (Å²) in [4.78, 5) is 5.31. The molecule has 1 heterocycles. The quantitative estimate of drug-likeness (QED) is 0.791. The lowest BCUT2D eigenvalue weighted by Crippen LogP contribution is -2.50. The smallest absolute Gasteiger partial charge is 0.405 e. The van der Waals surface area contributed by atoms with Gasteiger partial charge in [0, 0.05) is 6.54 Å². The van der Waals surface area contributed by atoms with Gasteiger partial charge in [0.15, 0.2) is 0 Å². The van der Waals surface area contributed by atoms with Gasteiger partial charge in [-0.3, -0.25) is 0 Å². The number of hydrogen-bond acceptors (Lipinski definition) is 2. The van der Waals surface area contributed by atoms with E-state index in [1.807, 2.05) is 0 Å². The van der Waals surface area contributed by atoms with Gasteiger partial charge in [-0.15, -0.1) is 5.06 Å². The number of piperidine rings is 1. The topological polar surface area (TPSA) is 12.5 Å². The van der Waals surface area contributed by atoms with Crippen molar-refractivity contribution in [3.63, 3.8) is 0 Å². The van der Waals surface area contributed by atoms with E-state index in [9.17, 15) is 13.2 Å². The van der Waals surface area contributed by atoms with Crippen LogP contribution in [0.1, 0.15) is 19.3 Å². The molecule has 0 aromatic heterocycles. The molecule has 1 aromatic rings. The van der Waals surface area contributed by atoms with Gasteiger partial charge in [-0.25, -0.2) is 0 Å². The molecule has 0 amide bonds. The van der Waals surface area contributed by atoms with Crippen LogP contribution in [0.2, 0.25) is 0 Å². The average Bonchev–Trinajstić information content (AvgIpc) is 2.30. The van der Waals surface area contributed by atoms with Gasteiger partial charge in [0.05, 0.1) is 0 Å². The van der Waals surface area contributed by atoms with Crippen LogP contribution in [0.15, 0.2) is 30.3 Å². The molecule has 1 aliphatic heterocycles. The van der Waals surface area contributed by atoms with Gasteiger partial charge < -0.3 is 4.84 Å². The first kappa shape index (κ1) is 12.2. The first-order chi connectivity index (χ1) is 8.07. The summed E-state index contributed by atoms with van der Waals surface area (Å²) < 4.78 is 38.3. The predicted octanol–water partition coefficient (Wildman–Crippen LogP) is 3.40. The summed E-state index contributed by atoms with van der Waals surface area (Å²) in [6.07, 6.45) is -2.79. The van der Waals surface area contributed by atoms with Gasteiger partial charge in [0.2, 0.25) is 0 Å². The Morgan fingerprint density at radius 1 is 1.12 bits per heavy atom. The maximum absolute atomic E-state index is 12.8. The molecule has 1 fully saturated rings. The molecule has 1 saturated heterocycles. The Balaban J connectivity index is 2.07. The van der Waals surface area contributed by atoms with Crippen LogP contribution in [0.5, 0.6) is 5.75 Å². The van der Waals surface area contributed by atoms with Crippen molar-refractivity contribution >= 4 is 0 Å². The summed E-state index contributed by atoms with van der Waals surface area (Å²) in [5, 5.41) is 1.05. The molecule has 5 heteroatoms. The molecule has 0 bridgehead atoms. The molecule has 94 valence electrons. The van der Waals surface area contributed by atoms with Gasteiger partial charge >= 0.3 is 6.18 Å². The first-order valence-corrected chi connectivity index (χ1v) is 5.64. The highest BCUT2D eigenvalue weighted by atomic mass is 19.4. The highest BCUT2D eigenvalue weighted by Gasteiger charge is 2.45. The minimum absolute atomic E-state index is 0.107. The predicted molar refractivity (Wildman–Crippen MR) is 57.5 cm³/mol. The third-order valence-corrected chi connectivity index (χ3v) is 2.80. The highest BCUT2D eigenvalue weighted by Crippen LogP contribution is 2.32. The molecule has 2 rings (SSSR count). The van der Waals surface area contributed by atoms with Crippen LogP contribution in [0.4, 0.5) is 13.2 Å². The van der Waals surface area contributed by atoms with E-state index in [-0.39, 0.29) is 6.42 Å². The number of halogens is 3. The maximum Gasteiger partial charge on any atom is 0.407 e. The van der Waals surface area contributed by atoms with Gasteiger partial charge in [0.1, 0.15) is 11.8 Å². The Morgan fingerprint density at radius 3 is 2.47 bits per heavy atom. The molecule has 0 saturated carbocycles.